The van der Waals surface area contributed by atoms with E-state index in [0.717, 1.165) is 9.37 Å². The molecule has 0 aliphatic heterocycles. The summed E-state index contributed by atoms with van der Waals surface area (Å²) in [7, 11) is 0. The Bertz CT molecular complexity index is 488. The highest BCUT2D eigenvalue weighted by Gasteiger charge is 2.31. The van der Waals surface area contributed by atoms with Crippen LogP contribution in [0.3, 0.4) is 0 Å². The van der Waals surface area contributed by atoms with Gasteiger partial charge in [-0.2, -0.15) is 0 Å². The number of benzene rings is 1. The molecule has 0 aliphatic carbocycles. The van der Waals surface area contributed by atoms with Crippen LogP contribution in [0.1, 0.15) is 27.2 Å². The predicted octanol–water partition coefficient (Wildman–Crippen LogP) is 3.30. The van der Waals surface area contributed by atoms with E-state index in [4.69, 9.17) is 5.11 Å². The maximum atomic E-state index is 12.2. The summed E-state index contributed by atoms with van der Waals surface area (Å²) in [6.45, 7) is 5.29. The number of carbonyl (C=O) groups excluding carboxylic acids is 1. The highest BCUT2D eigenvalue weighted by atomic mass is 79.9. The highest BCUT2D eigenvalue weighted by molar-refractivity contribution is 9.10. The van der Waals surface area contributed by atoms with Crippen molar-refractivity contribution in [1.82, 2.24) is 5.32 Å². The number of hydrogen-bond donors (Lipinski definition) is 2. The lowest BCUT2D eigenvalue weighted by molar-refractivity contribution is -0.142. The van der Waals surface area contributed by atoms with E-state index < -0.39 is 16.8 Å². The van der Waals surface area contributed by atoms with Crippen molar-refractivity contribution < 1.29 is 14.7 Å². The molecule has 4 nitrogen and oxygen atoms in total. The highest BCUT2D eigenvalue weighted by Crippen LogP contribution is 2.33. The zero-order valence-corrected chi connectivity index (χ0v) is 14.0. The van der Waals surface area contributed by atoms with Gasteiger partial charge in [0.2, 0.25) is 5.91 Å². The molecule has 0 saturated heterocycles. The largest absolute Gasteiger partial charge is 0.480 e. The number of carboxylic acid groups (broad SMARTS) is 1. The van der Waals surface area contributed by atoms with E-state index in [2.05, 4.69) is 21.2 Å². The predicted molar refractivity (Wildman–Crippen MR) is 83.9 cm³/mol. The lowest BCUT2D eigenvalue weighted by atomic mass is 10.1. The number of nitrogens with one attached hydrogen (secondary N) is 1. The van der Waals surface area contributed by atoms with Gasteiger partial charge in [0.25, 0.3) is 0 Å². The topological polar surface area (TPSA) is 66.4 Å². The fourth-order valence-corrected chi connectivity index (χ4v) is 2.79. The van der Waals surface area contributed by atoms with Gasteiger partial charge in [0.1, 0.15) is 6.04 Å². The van der Waals surface area contributed by atoms with E-state index in [-0.39, 0.29) is 5.91 Å². The molecule has 0 aromatic heterocycles. The summed E-state index contributed by atoms with van der Waals surface area (Å²) in [5.74, 6) is -1.29. The van der Waals surface area contributed by atoms with E-state index in [9.17, 15) is 9.59 Å². The smallest absolute Gasteiger partial charge is 0.326 e. The van der Waals surface area contributed by atoms with Crippen molar-refractivity contribution in [3.05, 3.63) is 28.7 Å². The molecule has 1 aromatic carbocycles. The van der Waals surface area contributed by atoms with Crippen LogP contribution in [-0.2, 0) is 9.59 Å². The number of aliphatic carboxylic acids is 1. The Hall–Kier alpha value is -1.01. The fourth-order valence-electron chi connectivity index (χ4n) is 1.51. The van der Waals surface area contributed by atoms with Gasteiger partial charge in [0.05, 0.1) is 4.75 Å². The van der Waals surface area contributed by atoms with Crippen LogP contribution in [0.2, 0.25) is 0 Å². The average molecular weight is 360 g/mol. The van der Waals surface area contributed by atoms with Crippen molar-refractivity contribution >= 4 is 39.6 Å². The standard InChI is InChI=1S/C14H18BrNO3S/c1-4-11(12(17)18)16-13(19)14(2,3)20-10-7-5-9(15)6-8-10/h5-8,11H,4H2,1-3H3,(H,16,19)(H,17,18). The fraction of sp³-hybridized carbons (Fsp3) is 0.429. The minimum Gasteiger partial charge on any atom is -0.480 e. The Morgan fingerprint density at radius 1 is 1.35 bits per heavy atom. The van der Waals surface area contributed by atoms with Crippen LogP contribution >= 0.6 is 27.7 Å². The van der Waals surface area contributed by atoms with E-state index in [0.29, 0.717) is 6.42 Å². The molecule has 0 fully saturated rings. The molecule has 1 atom stereocenters. The average Bonchev–Trinajstić information content (AvgIpc) is 2.37. The molecular formula is C14H18BrNO3S. The van der Waals surface area contributed by atoms with Gasteiger partial charge < -0.3 is 10.4 Å². The van der Waals surface area contributed by atoms with Crippen LogP contribution < -0.4 is 5.32 Å². The van der Waals surface area contributed by atoms with Gasteiger partial charge in [-0.25, -0.2) is 4.79 Å². The summed E-state index contributed by atoms with van der Waals surface area (Å²) in [5.41, 5.74) is 0. The second kappa shape index (κ2) is 7.13. The van der Waals surface area contributed by atoms with Crippen LogP contribution in [-0.4, -0.2) is 27.8 Å². The summed E-state index contributed by atoms with van der Waals surface area (Å²) >= 11 is 4.76. The van der Waals surface area contributed by atoms with Crippen molar-refractivity contribution in [3.63, 3.8) is 0 Å². The van der Waals surface area contributed by atoms with E-state index in [1.165, 1.54) is 11.8 Å². The Kier molecular flexibility index (Phi) is 6.07. The second-order valence-electron chi connectivity index (χ2n) is 4.84. The van der Waals surface area contributed by atoms with Gasteiger partial charge in [0, 0.05) is 9.37 Å². The lowest BCUT2D eigenvalue weighted by Gasteiger charge is -2.25. The van der Waals surface area contributed by atoms with Gasteiger partial charge >= 0.3 is 5.97 Å². The number of amides is 1. The molecule has 110 valence electrons. The lowest BCUT2D eigenvalue weighted by Crippen LogP contribution is -2.47. The van der Waals surface area contributed by atoms with Gasteiger partial charge in [-0.1, -0.05) is 22.9 Å². The summed E-state index contributed by atoms with van der Waals surface area (Å²) in [4.78, 5) is 24.1. The molecule has 0 spiro atoms. The molecule has 0 heterocycles. The molecular weight excluding hydrogens is 342 g/mol. The minimum atomic E-state index is -1.01. The molecule has 1 unspecified atom stereocenters. The monoisotopic (exact) mass is 359 g/mol. The first-order valence-corrected chi connectivity index (χ1v) is 7.85. The number of carboxylic acids is 1. The second-order valence-corrected chi connectivity index (χ2v) is 7.45. The molecule has 0 saturated carbocycles. The summed E-state index contributed by atoms with van der Waals surface area (Å²) < 4.78 is 0.234. The number of rotatable bonds is 6. The van der Waals surface area contributed by atoms with E-state index in [1.807, 2.05) is 24.3 Å². The summed E-state index contributed by atoms with van der Waals surface area (Å²) in [6, 6.07) is 6.80. The minimum absolute atomic E-state index is 0.278. The molecule has 0 aliphatic rings. The van der Waals surface area contributed by atoms with Gasteiger partial charge in [-0.3, -0.25) is 4.79 Å². The number of hydrogen-bond acceptors (Lipinski definition) is 3. The molecule has 0 radical (unpaired) electrons. The van der Waals surface area contributed by atoms with Crippen LogP contribution in [0.4, 0.5) is 0 Å². The first-order valence-electron chi connectivity index (χ1n) is 6.24. The van der Waals surface area contributed by atoms with Crippen molar-refractivity contribution in [2.75, 3.05) is 0 Å². The van der Waals surface area contributed by atoms with Gasteiger partial charge in [-0.15, -0.1) is 11.8 Å². The maximum Gasteiger partial charge on any atom is 0.326 e. The first-order chi connectivity index (χ1) is 9.26. The molecule has 1 aromatic rings. The zero-order chi connectivity index (χ0) is 15.3. The number of carbonyl (C=O) groups is 2. The SMILES string of the molecule is CCC(NC(=O)C(C)(C)Sc1ccc(Br)cc1)C(=O)O. The molecule has 2 N–H and O–H groups in total. The third-order valence-electron chi connectivity index (χ3n) is 2.75. The van der Waals surface area contributed by atoms with Crippen LogP contribution in [0.15, 0.2) is 33.6 Å². The third-order valence-corrected chi connectivity index (χ3v) is 4.48. The van der Waals surface area contributed by atoms with Crippen molar-refractivity contribution in [1.29, 1.82) is 0 Å². The molecule has 20 heavy (non-hydrogen) atoms. The molecule has 1 rings (SSSR count). The van der Waals surface area contributed by atoms with Crippen molar-refractivity contribution in [2.24, 2.45) is 0 Å². The Balaban J connectivity index is 2.74. The summed E-state index contributed by atoms with van der Waals surface area (Å²) in [6.07, 6.45) is 0.361. The molecule has 6 heteroatoms. The van der Waals surface area contributed by atoms with Crippen molar-refractivity contribution in [3.8, 4) is 0 Å². The Labute approximate surface area is 131 Å². The van der Waals surface area contributed by atoms with Crippen LogP contribution in [0.25, 0.3) is 0 Å². The normalized spacial score (nSPS) is 12.8. The first kappa shape index (κ1) is 17.0. The summed E-state index contributed by atoms with van der Waals surface area (Å²) in [5, 5.41) is 11.6. The third kappa shape index (κ3) is 4.83. The van der Waals surface area contributed by atoms with Gasteiger partial charge in [-0.05, 0) is 44.5 Å². The van der Waals surface area contributed by atoms with Crippen LogP contribution in [0, 0.1) is 0 Å². The number of thioether (sulfide) groups is 1. The zero-order valence-electron chi connectivity index (χ0n) is 11.6. The Morgan fingerprint density at radius 3 is 2.35 bits per heavy atom. The quantitative estimate of drug-likeness (QED) is 0.764. The van der Waals surface area contributed by atoms with E-state index in [1.54, 1.807) is 20.8 Å². The Morgan fingerprint density at radius 2 is 1.90 bits per heavy atom. The van der Waals surface area contributed by atoms with Crippen molar-refractivity contribution in [2.45, 2.75) is 42.9 Å². The van der Waals surface area contributed by atoms with E-state index >= 15 is 0 Å². The molecule has 0 bridgehead atoms. The van der Waals surface area contributed by atoms with Crippen LogP contribution in [0.5, 0.6) is 0 Å². The van der Waals surface area contributed by atoms with Gasteiger partial charge in [0.15, 0.2) is 0 Å². The maximum absolute atomic E-state index is 12.2. The number of halogens is 1. The molecule has 1 amide bonds.